The first-order valence-electron chi connectivity index (χ1n) is 6.16. The quantitative estimate of drug-likeness (QED) is 0.778. The molecule has 1 nitrogen and oxygen atoms in total. The average molecular weight is 223 g/mol. The zero-order valence-electron chi connectivity index (χ0n) is 10.5. The molecule has 0 radical (unpaired) electrons. The van der Waals surface area contributed by atoms with Crippen LogP contribution < -0.4 is 5.32 Å². The summed E-state index contributed by atoms with van der Waals surface area (Å²) in [6.45, 7) is 6.58. The largest absolute Gasteiger partial charge is 0.311 e. The van der Waals surface area contributed by atoms with E-state index in [1.54, 1.807) is 0 Å². The van der Waals surface area contributed by atoms with E-state index < -0.39 is 0 Å². The molecule has 1 unspecified atom stereocenters. The topological polar surface area (TPSA) is 12.0 Å². The fourth-order valence-corrected chi connectivity index (χ4v) is 1.96. The predicted octanol–water partition coefficient (Wildman–Crippen LogP) is 3.53. The normalized spacial score (nSPS) is 13.1. The minimum Gasteiger partial charge on any atom is -0.311 e. The van der Waals surface area contributed by atoms with E-state index >= 15 is 0 Å². The smallest absolute Gasteiger partial charge is 0.123 e. The maximum Gasteiger partial charge on any atom is 0.123 e. The number of benzene rings is 1. The van der Waals surface area contributed by atoms with Crippen LogP contribution in [0.4, 0.5) is 4.39 Å². The first-order chi connectivity index (χ1) is 7.65. The summed E-state index contributed by atoms with van der Waals surface area (Å²) in [6.07, 6.45) is 3.27. The molecule has 1 rings (SSSR count). The van der Waals surface area contributed by atoms with Crippen LogP contribution in [-0.4, -0.2) is 12.1 Å². The van der Waals surface area contributed by atoms with Crippen LogP contribution in [0.3, 0.4) is 0 Å². The number of hydrogen-bond acceptors (Lipinski definition) is 1. The van der Waals surface area contributed by atoms with Gasteiger partial charge in [0.1, 0.15) is 5.82 Å². The van der Waals surface area contributed by atoms with Gasteiger partial charge in [-0.25, -0.2) is 4.39 Å². The first kappa shape index (κ1) is 13.2. The molecule has 0 bridgehead atoms. The molecule has 90 valence electrons. The maximum atomic E-state index is 12.7. The van der Waals surface area contributed by atoms with Gasteiger partial charge in [0.2, 0.25) is 0 Å². The molecule has 1 aromatic carbocycles. The molecule has 0 amide bonds. The number of nitrogens with one attached hydrogen (secondary N) is 1. The molecular formula is C14H22FN. The van der Waals surface area contributed by atoms with Crippen molar-refractivity contribution in [1.82, 2.24) is 5.32 Å². The molecular weight excluding hydrogens is 201 g/mol. The molecule has 0 fully saturated rings. The summed E-state index contributed by atoms with van der Waals surface area (Å²) >= 11 is 0. The Labute approximate surface area is 98.1 Å². The van der Waals surface area contributed by atoms with Gasteiger partial charge in [-0.1, -0.05) is 26.0 Å². The number of halogens is 1. The fraction of sp³-hybridized carbons (Fsp3) is 0.571. The highest BCUT2D eigenvalue weighted by molar-refractivity contribution is 5.17. The predicted molar refractivity (Wildman–Crippen MR) is 67.1 cm³/mol. The third-order valence-electron chi connectivity index (χ3n) is 2.96. The standard InChI is InChI=1S/C14H22FN/c1-4-14(5-2)16-11(3)10-12-6-8-13(15)9-7-12/h6-9,11,14,16H,4-5,10H2,1-3H3. The summed E-state index contributed by atoms with van der Waals surface area (Å²) in [5.74, 6) is -0.163. The lowest BCUT2D eigenvalue weighted by Gasteiger charge is -2.21. The minimum absolute atomic E-state index is 0.163. The van der Waals surface area contributed by atoms with E-state index in [4.69, 9.17) is 0 Å². The second kappa shape index (κ2) is 6.64. The van der Waals surface area contributed by atoms with Gasteiger partial charge < -0.3 is 5.32 Å². The summed E-state index contributed by atoms with van der Waals surface area (Å²) in [5, 5.41) is 3.59. The Morgan fingerprint density at radius 3 is 2.19 bits per heavy atom. The van der Waals surface area contributed by atoms with E-state index in [-0.39, 0.29) is 5.82 Å². The Bertz CT molecular complexity index is 290. The van der Waals surface area contributed by atoms with E-state index in [2.05, 4.69) is 26.1 Å². The van der Waals surface area contributed by atoms with Crippen molar-refractivity contribution in [2.24, 2.45) is 0 Å². The Morgan fingerprint density at radius 2 is 1.69 bits per heavy atom. The van der Waals surface area contributed by atoms with Crippen LogP contribution in [0.25, 0.3) is 0 Å². The van der Waals surface area contributed by atoms with Crippen LogP contribution in [-0.2, 0) is 6.42 Å². The number of rotatable bonds is 6. The highest BCUT2D eigenvalue weighted by Crippen LogP contribution is 2.07. The third-order valence-corrected chi connectivity index (χ3v) is 2.96. The Balaban J connectivity index is 2.44. The molecule has 1 atom stereocenters. The second-order valence-corrected chi connectivity index (χ2v) is 4.41. The van der Waals surface area contributed by atoms with Crippen molar-refractivity contribution in [3.05, 3.63) is 35.6 Å². The summed E-state index contributed by atoms with van der Waals surface area (Å²) < 4.78 is 12.7. The van der Waals surface area contributed by atoms with E-state index in [0.717, 1.165) is 19.3 Å². The molecule has 2 heteroatoms. The molecule has 1 N–H and O–H groups in total. The van der Waals surface area contributed by atoms with Gasteiger partial charge in [-0.3, -0.25) is 0 Å². The molecule has 0 saturated carbocycles. The summed E-state index contributed by atoms with van der Waals surface area (Å²) in [7, 11) is 0. The third kappa shape index (κ3) is 4.31. The van der Waals surface area contributed by atoms with Crippen molar-refractivity contribution in [2.75, 3.05) is 0 Å². The van der Waals surface area contributed by atoms with Crippen LogP contribution in [0.15, 0.2) is 24.3 Å². The van der Waals surface area contributed by atoms with Crippen LogP contribution in [0.1, 0.15) is 39.2 Å². The lowest BCUT2D eigenvalue weighted by Crippen LogP contribution is -2.36. The Hall–Kier alpha value is -0.890. The van der Waals surface area contributed by atoms with Crippen molar-refractivity contribution < 1.29 is 4.39 Å². The summed E-state index contributed by atoms with van der Waals surface area (Å²) in [5.41, 5.74) is 1.19. The van der Waals surface area contributed by atoms with E-state index in [1.807, 2.05) is 12.1 Å². The fourth-order valence-electron chi connectivity index (χ4n) is 1.96. The average Bonchev–Trinajstić information content (AvgIpc) is 2.29. The van der Waals surface area contributed by atoms with E-state index in [9.17, 15) is 4.39 Å². The summed E-state index contributed by atoms with van der Waals surface area (Å²) in [4.78, 5) is 0. The minimum atomic E-state index is -0.163. The van der Waals surface area contributed by atoms with Crippen molar-refractivity contribution >= 4 is 0 Å². The first-order valence-corrected chi connectivity index (χ1v) is 6.16. The molecule has 0 heterocycles. The molecule has 1 aromatic rings. The van der Waals surface area contributed by atoms with Gasteiger partial charge >= 0.3 is 0 Å². The van der Waals surface area contributed by atoms with Gasteiger partial charge in [0.15, 0.2) is 0 Å². The van der Waals surface area contributed by atoms with Crippen LogP contribution >= 0.6 is 0 Å². The van der Waals surface area contributed by atoms with Crippen LogP contribution in [0.2, 0.25) is 0 Å². The van der Waals surface area contributed by atoms with Gasteiger partial charge in [-0.2, -0.15) is 0 Å². The molecule has 0 saturated heterocycles. The SMILES string of the molecule is CCC(CC)NC(C)Cc1ccc(F)cc1. The van der Waals surface area contributed by atoms with Crippen molar-refractivity contribution in [3.63, 3.8) is 0 Å². The Morgan fingerprint density at radius 1 is 1.12 bits per heavy atom. The van der Waals surface area contributed by atoms with Gasteiger partial charge in [0, 0.05) is 12.1 Å². The van der Waals surface area contributed by atoms with E-state index in [1.165, 1.54) is 17.7 Å². The molecule has 0 spiro atoms. The summed E-state index contributed by atoms with van der Waals surface area (Å²) in [6, 6.07) is 7.81. The van der Waals surface area contributed by atoms with E-state index in [0.29, 0.717) is 12.1 Å². The van der Waals surface area contributed by atoms with Gasteiger partial charge in [0.25, 0.3) is 0 Å². The highest BCUT2D eigenvalue weighted by atomic mass is 19.1. The lowest BCUT2D eigenvalue weighted by molar-refractivity contribution is 0.422. The second-order valence-electron chi connectivity index (χ2n) is 4.41. The molecule has 0 aromatic heterocycles. The lowest BCUT2D eigenvalue weighted by atomic mass is 10.0. The zero-order chi connectivity index (χ0) is 12.0. The van der Waals surface area contributed by atoms with Crippen molar-refractivity contribution in [1.29, 1.82) is 0 Å². The van der Waals surface area contributed by atoms with Gasteiger partial charge in [0.05, 0.1) is 0 Å². The molecule has 0 aliphatic heterocycles. The van der Waals surface area contributed by atoms with Crippen molar-refractivity contribution in [3.8, 4) is 0 Å². The highest BCUT2D eigenvalue weighted by Gasteiger charge is 2.08. The van der Waals surface area contributed by atoms with Gasteiger partial charge in [-0.05, 0) is 43.9 Å². The molecule has 0 aliphatic carbocycles. The molecule has 0 aliphatic rings. The van der Waals surface area contributed by atoms with Crippen LogP contribution in [0, 0.1) is 5.82 Å². The van der Waals surface area contributed by atoms with Gasteiger partial charge in [-0.15, -0.1) is 0 Å². The monoisotopic (exact) mass is 223 g/mol. The zero-order valence-corrected chi connectivity index (χ0v) is 10.5. The van der Waals surface area contributed by atoms with Crippen molar-refractivity contribution in [2.45, 2.75) is 52.1 Å². The Kier molecular flexibility index (Phi) is 5.47. The molecule has 16 heavy (non-hydrogen) atoms. The number of hydrogen-bond donors (Lipinski definition) is 1. The maximum absolute atomic E-state index is 12.7. The van der Waals surface area contributed by atoms with Crippen LogP contribution in [0.5, 0.6) is 0 Å².